The minimum atomic E-state index is 0.0547. The predicted octanol–water partition coefficient (Wildman–Crippen LogP) is 0.688. The highest BCUT2D eigenvalue weighted by atomic mass is 16.5. The minimum Gasteiger partial charge on any atom is -0.381 e. The van der Waals surface area contributed by atoms with Crippen molar-refractivity contribution in [3.63, 3.8) is 0 Å². The van der Waals surface area contributed by atoms with Gasteiger partial charge < -0.3 is 20.1 Å². The lowest BCUT2D eigenvalue weighted by atomic mass is 10.0. The van der Waals surface area contributed by atoms with E-state index in [1.54, 1.807) is 0 Å². The van der Waals surface area contributed by atoms with Crippen LogP contribution in [0.4, 0.5) is 0 Å². The number of piperidine rings is 1. The highest BCUT2D eigenvalue weighted by Gasteiger charge is 2.21. The molecular weight excluding hydrogens is 244 g/mol. The Morgan fingerprint density at radius 3 is 2.89 bits per heavy atom. The fourth-order valence-electron chi connectivity index (χ4n) is 2.59. The summed E-state index contributed by atoms with van der Waals surface area (Å²) in [6.07, 6.45) is 5.46. The van der Waals surface area contributed by atoms with Crippen molar-refractivity contribution in [1.82, 2.24) is 10.6 Å². The second-order valence-corrected chi connectivity index (χ2v) is 5.38. The van der Waals surface area contributed by atoms with Crippen LogP contribution in [0, 0.1) is 5.92 Å². The summed E-state index contributed by atoms with van der Waals surface area (Å²) in [5.41, 5.74) is 0. The number of hydrogen-bond donors (Lipinski definition) is 2. The van der Waals surface area contributed by atoms with Gasteiger partial charge in [0.15, 0.2) is 0 Å². The van der Waals surface area contributed by atoms with Crippen molar-refractivity contribution in [3.05, 3.63) is 0 Å². The fraction of sp³-hybridized carbons (Fsp3) is 0.929. The van der Waals surface area contributed by atoms with Crippen LogP contribution in [-0.2, 0) is 14.3 Å². The molecule has 1 unspecified atom stereocenters. The van der Waals surface area contributed by atoms with Crippen molar-refractivity contribution in [2.24, 2.45) is 5.92 Å². The first-order valence-electron chi connectivity index (χ1n) is 7.54. The highest BCUT2D eigenvalue weighted by molar-refractivity contribution is 5.78. The summed E-state index contributed by atoms with van der Waals surface area (Å²) >= 11 is 0. The first kappa shape index (κ1) is 14.8. The average Bonchev–Trinajstić information content (AvgIpc) is 2.49. The van der Waals surface area contributed by atoms with Gasteiger partial charge in [0.05, 0.1) is 18.6 Å². The van der Waals surface area contributed by atoms with Gasteiger partial charge in [-0.15, -0.1) is 0 Å². The third kappa shape index (κ3) is 5.47. The molecule has 0 aromatic rings. The van der Waals surface area contributed by atoms with Crippen LogP contribution >= 0.6 is 0 Å². The smallest absolute Gasteiger partial charge is 0.225 e. The van der Waals surface area contributed by atoms with Crippen LogP contribution in [0.1, 0.15) is 32.1 Å². The first-order valence-corrected chi connectivity index (χ1v) is 7.54. The van der Waals surface area contributed by atoms with Crippen molar-refractivity contribution < 1.29 is 14.3 Å². The average molecular weight is 270 g/mol. The summed E-state index contributed by atoms with van der Waals surface area (Å²) in [5.74, 6) is 0.195. The highest BCUT2D eigenvalue weighted by Crippen LogP contribution is 2.13. The van der Waals surface area contributed by atoms with Crippen molar-refractivity contribution in [2.45, 2.75) is 38.2 Å². The van der Waals surface area contributed by atoms with E-state index in [1.165, 1.54) is 0 Å². The van der Waals surface area contributed by atoms with Crippen LogP contribution in [0.15, 0.2) is 0 Å². The third-order valence-corrected chi connectivity index (χ3v) is 3.79. The second-order valence-electron chi connectivity index (χ2n) is 5.38. The number of carbonyl (C=O) groups excluding carboxylic acids is 1. The molecule has 2 fully saturated rings. The molecule has 2 heterocycles. The Bertz CT molecular complexity index is 261. The summed E-state index contributed by atoms with van der Waals surface area (Å²) in [5, 5.41) is 6.30. The fourth-order valence-corrected chi connectivity index (χ4v) is 2.59. The van der Waals surface area contributed by atoms with E-state index in [0.717, 1.165) is 58.4 Å². The molecular formula is C14H26N2O3. The minimum absolute atomic E-state index is 0.0547. The second kappa shape index (κ2) is 8.51. The van der Waals surface area contributed by atoms with Gasteiger partial charge in [-0.2, -0.15) is 0 Å². The molecule has 19 heavy (non-hydrogen) atoms. The van der Waals surface area contributed by atoms with Crippen molar-refractivity contribution in [2.75, 3.05) is 39.5 Å². The molecule has 0 bridgehead atoms. The Balaban J connectivity index is 1.47. The lowest BCUT2D eigenvalue weighted by molar-refractivity contribution is -0.129. The normalized spacial score (nSPS) is 25.2. The van der Waals surface area contributed by atoms with Crippen LogP contribution in [0.5, 0.6) is 0 Å². The largest absolute Gasteiger partial charge is 0.381 e. The Morgan fingerprint density at radius 2 is 2.16 bits per heavy atom. The Hall–Kier alpha value is -0.650. The zero-order valence-corrected chi connectivity index (χ0v) is 11.7. The lowest BCUT2D eigenvalue weighted by Crippen LogP contribution is -2.36. The van der Waals surface area contributed by atoms with Gasteiger partial charge in [-0.05, 0) is 45.2 Å². The van der Waals surface area contributed by atoms with E-state index in [2.05, 4.69) is 10.6 Å². The summed E-state index contributed by atoms with van der Waals surface area (Å²) in [7, 11) is 0. The topological polar surface area (TPSA) is 59.6 Å². The lowest BCUT2D eigenvalue weighted by Gasteiger charge is -2.23. The Morgan fingerprint density at radius 1 is 1.32 bits per heavy atom. The van der Waals surface area contributed by atoms with Gasteiger partial charge in [0.2, 0.25) is 5.91 Å². The third-order valence-electron chi connectivity index (χ3n) is 3.79. The number of hydrogen-bond acceptors (Lipinski definition) is 4. The van der Waals surface area contributed by atoms with E-state index < -0.39 is 0 Å². The molecule has 0 aromatic carbocycles. The molecule has 5 nitrogen and oxygen atoms in total. The van der Waals surface area contributed by atoms with Gasteiger partial charge in [0.25, 0.3) is 0 Å². The molecule has 0 saturated carbocycles. The molecule has 1 amide bonds. The molecule has 2 N–H and O–H groups in total. The SMILES string of the molecule is O=C(NCCCOC1CCNCC1)C1CCCOC1. The van der Waals surface area contributed by atoms with Crippen LogP contribution in [-0.4, -0.2) is 51.5 Å². The molecule has 0 aromatic heterocycles. The van der Waals surface area contributed by atoms with Gasteiger partial charge in [-0.3, -0.25) is 4.79 Å². The zero-order valence-electron chi connectivity index (χ0n) is 11.7. The molecule has 2 saturated heterocycles. The molecule has 0 spiro atoms. The number of nitrogens with one attached hydrogen (secondary N) is 2. The molecule has 110 valence electrons. The van der Waals surface area contributed by atoms with E-state index in [-0.39, 0.29) is 11.8 Å². The maximum atomic E-state index is 11.8. The number of carbonyl (C=O) groups is 1. The first-order chi connectivity index (χ1) is 9.36. The molecule has 0 radical (unpaired) electrons. The van der Waals surface area contributed by atoms with E-state index in [1.807, 2.05) is 0 Å². The van der Waals surface area contributed by atoms with Gasteiger partial charge >= 0.3 is 0 Å². The maximum Gasteiger partial charge on any atom is 0.225 e. The van der Waals surface area contributed by atoms with E-state index in [0.29, 0.717) is 19.3 Å². The van der Waals surface area contributed by atoms with Crippen LogP contribution < -0.4 is 10.6 Å². The number of ether oxygens (including phenoxy) is 2. The molecule has 1 atom stereocenters. The maximum absolute atomic E-state index is 11.8. The predicted molar refractivity (Wildman–Crippen MR) is 73.0 cm³/mol. The monoisotopic (exact) mass is 270 g/mol. The van der Waals surface area contributed by atoms with Crippen molar-refractivity contribution in [1.29, 1.82) is 0 Å². The molecule has 5 heteroatoms. The van der Waals surface area contributed by atoms with Gasteiger partial charge in [-0.25, -0.2) is 0 Å². The van der Waals surface area contributed by atoms with Crippen LogP contribution in [0.25, 0.3) is 0 Å². The van der Waals surface area contributed by atoms with Crippen molar-refractivity contribution in [3.8, 4) is 0 Å². The van der Waals surface area contributed by atoms with Gasteiger partial charge in [0, 0.05) is 19.8 Å². The van der Waals surface area contributed by atoms with E-state index in [9.17, 15) is 4.79 Å². The van der Waals surface area contributed by atoms with Gasteiger partial charge in [0.1, 0.15) is 0 Å². The Kier molecular flexibility index (Phi) is 6.61. The summed E-state index contributed by atoms with van der Waals surface area (Å²) < 4.78 is 11.1. The molecule has 2 aliphatic heterocycles. The summed E-state index contributed by atoms with van der Waals surface area (Å²) in [4.78, 5) is 11.8. The number of rotatable bonds is 6. The molecule has 2 rings (SSSR count). The standard InChI is InChI=1S/C14H26N2O3/c17-14(12-3-1-9-18-11-12)16-6-2-10-19-13-4-7-15-8-5-13/h12-13,15H,1-11H2,(H,16,17). The van der Waals surface area contributed by atoms with Crippen LogP contribution in [0.2, 0.25) is 0 Å². The summed E-state index contributed by atoms with van der Waals surface area (Å²) in [6, 6.07) is 0. The molecule has 2 aliphatic rings. The van der Waals surface area contributed by atoms with E-state index >= 15 is 0 Å². The summed E-state index contributed by atoms with van der Waals surface area (Å²) in [6.45, 7) is 4.95. The van der Waals surface area contributed by atoms with E-state index in [4.69, 9.17) is 9.47 Å². The van der Waals surface area contributed by atoms with Crippen molar-refractivity contribution >= 4 is 5.91 Å². The molecule has 0 aliphatic carbocycles. The van der Waals surface area contributed by atoms with Crippen LogP contribution in [0.3, 0.4) is 0 Å². The zero-order chi connectivity index (χ0) is 13.3. The number of amides is 1. The quantitative estimate of drug-likeness (QED) is 0.697. The Labute approximate surface area is 115 Å². The van der Waals surface area contributed by atoms with Gasteiger partial charge in [-0.1, -0.05) is 0 Å².